The maximum atomic E-state index is 11.2. The average molecular weight is 203 g/mol. The van der Waals surface area contributed by atoms with Gasteiger partial charge in [0.2, 0.25) is 5.91 Å². The number of amides is 1. The van der Waals surface area contributed by atoms with Crippen molar-refractivity contribution < 1.29 is 19.4 Å². The molecule has 0 aromatic heterocycles. The quantitative estimate of drug-likeness (QED) is 0.587. The van der Waals surface area contributed by atoms with Crippen molar-refractivity contribution >= 4 is 11.9 Å². The Morgan fingerprint density at radius 2 is 2.14 bits per heavy atom. The molecular weight excluding hydrogens is 186 g/mol. The highest BCUT2D eigenvalue weighted by atomic mass is 16.5. The molecule has 0 heterocycles. The lowest BCUT2D eigenvalue weighted by Crippen LogP contribution is -2.40. The average Bonchev–Trinajstić information content (AvgIpc) is 2.14. The van der Waals surface area contributed by atoms with Gasteiger partial charge >= 0.3 is 5.97 Å². The maximum Gasteiger partial charge on any atom is 0.326 e. The summed E-state index contributed by atoms with van der Waals surface area (Å²) in [6.45, 7) is 2.23. The van der Waals surface area contributed by atoms with Gasteiger partial charge in [-0.05, 0) is 12.8 Å². The second kappa shape index (κ2) is 7.32. The number of nitrogens with one attached hydrogen (secondary N) is 1. The van der Waals surface area contributed by atoms with Crippen LogP contribution in [0.4, 0.5) is 0 Å². The predicted octanol–water partition coefficient (Wildman–Crippen LogP) is 0.392. The monoisotopic (exact) mass is 203 g/mol. The van der Waals surface area contributed by atoms with Crippen molar-refractivity contribution in [3.8, 4) is 0 Å². The summed E-state index contributed by atoms with van der Waals surface area (Å²) in [5.74, 6) is -1.23. The van der Waals surface area contributed by atoms with Crippen LogP contribution >= 0.6 is 0 Å². The number of hydrogen-bond acceptors (Lipinski definition) is 3. The molecule has 14 heavy (non-hydrogen) atoms. The standard InChI is InChI=1S/C9H17NO4/c1-3-7(9(12)13)10-8(11)5-4-6-14-2/h7H,3-6H2,1-2H3,(H,10,11)(H,12,13)/t7-/m1/s1. The molecule has 5 heteroatoms. The summed E-state index contributed by atoms with van der Waals surface area (Å²) in [7, 11) is 1.56. The van der Waals surface area contributed by atoms with Crippen LogP contribution in [-0.2, 0) is 14.3 Å². The third-order valence-electron chi connectivity index (χ3n) is 1.79. The zero-order valence-corrected chi connectivity index (χ0v) is 8.58. The first-order valence-corrected chi connectivity index (χ1v) is 4.63. The van der Waals surface area contributed by atoms with Gasteiger partial charge in [-0.15, -0.1) is 0 Å². The SMILES string of the molecule is CC[C@@H](NC(=O)CCCOC)C(=O)O. The van der Waals surface area contributed by atoms with Crippen LogP contribution in [0.5, 0.6) is 0 Å². The molecule has 82 valence electrons. The lowest BCUT2D eigenvalue weighted by Gasteiger charge is -2.11. The predicted molar refractivity (Wildman–Crippen MR) is 51.0 cm³/mol. The zero-order chi connectivity index (χ0) is 11.0. The van der Waals surface area contributed by atoms with Crippen molar-refractivity contribution in [1.29, 1.82) is 0 Å². The van der Waals surface area contributed by atoms with E-state index in [1.807, 2.05) is 0 Å². The van der Waals surface area contributed by atoms with Crippen molar-refractivity contribution in [2.45, 2.75) is 32.2 Å². The highest BCUT2D eigenvalue weighted by Crippen LogP contribution is 1.94. The summed E-state index contributed by atoms with van der Waals surface area (Å²) in [4.78, 5) is 21.7. The molecule has 1 atom stereocenters. The van der Waals surface area contributed by atoms with Gasteiger partial charge in [0.15, 0.2) is 0 Å². The topological polar surface area (TPSA) is 75.6 Å². The van der Waals surface area contributed by atoms with E-state index in [2.05, 4.69) is 5.32 Å². The molecule has 0 aromatic rings. The van der Waals surface area contributed by atoms with Gasteiger partial charge in [0, 0.05) is 20.1 Å². The zero-order valence-electron chi connectivity index (χ0n) is 8.58. The molecule has 0 radical (unpaired) electrons. The number of hydrogen-bond donors (Lipinski definition) is 2. The van der Waals surface area contributed by atoms with Gasteiger partial charge < -0.3 is 15.2 Å². The summed E-state index contributed by atoms with van der Waals surface area (Å²) < 4.78 is 4.77. The minimum atomic E-state index is -0.993. The van der Waals surface area contributed by atoms with Crippen molar-refractivity contribution in [2.75, 3.05) is 13.7 Å². The Balaban J connectivity index is 3.74. The van der Waals surface area contributed by atoms with Crippen LogP contribution in [0.3, 0.4) is 0 Å². The second-order valence-corrected chi connectivity index (χ2v) is 2.96. The van der Waals surface area contributed by atoms with E-state index in [1.54, 1.807) is 14.0 Å². The molecule has 0 bridgehead atoms. The molecule has 0 spiro atoms. The van der Waals surface area contributed by atoms with Gasteiger partial charge in [0.1, 0.15) is 6.04 Å². The van der Waals surface area contributed by atoms with E-state index >= 15 is 0 Å². The molecule has 0 unspecified atom stereocenters. The van der Waals surface area contributed by atoms with Crippen LogP contribution in [0.2, 0.25) is 0 Å². The molecule has 0 aromatic carbocycles. The second-order valence-electron chi connectivity index (χ2n) is 2.96. The fourth-order valence-electron chi connectivity index (χ4n) is 0.982. The Morgan fingerprint density at radius 1 is 1.50 bits per heavy atom. The van der Waals surface area contributed by atoms with Gasteiger partial charge in [-0.1, -0.05) is 6.92 Å². The number of rotatable bonds is 7. The Bertz CT molecular complexity index is 193. The van der Waals surface area contributed by atoms with E-state index < -0.39 is 12.0 Å². The lowest BCUT2D eigenvalue weighted by atomic mass is 10.2. The van der Waals surface area contributed by atoms with E-state index in [0.29, 0.717) is 25.9 Å². The normalized spacial score (nSPS) is 12.1. The van der Waals surface area contributed by atoms with Gasteiger partial charge in [-0.25, -0.2) is 4.79 Å². The minimum absolute atomic E-state index is 0.240. The minimum Gasteiger partial charge on any atom is -0.480 e. The molecular formula is C9H17NO4. The first kappa shape index (κ1) is 12.9. The summed E-state index contributed by atoms with van der Waals surface area (Å²) in [6.07, 6.45) is 1.31. The number of carboxylic acids is 1. The Hall–Kier alpha value is -1.10. The summed E-state index contributed by atoms with van der Waals surface area (Å²) in [5.41, 5.74) is 0. The largest absolute Gasteiger partial charge is 0.480 e. The van der Waals surface area contributed by atoms with Crippen molar-refractivity contribution in [2.24, 2.45) is 0 Å². The lowest BCUT2D eigenvalue weighted by molar-refractivity contribution is -0.141. The molecule has 0 saturated carbocycles. The molecule has 0 aliphatic heterocycles. The first-order valence-electron chi connectivity index (χ1n) is 4.63. The molecule has 0 saturated heterocycles. The van der Waals surface area contributed by atoms with E-state index in [1.165, 1.54) is 0 Å². The third-order valence-corrected chi connectivity index (χ3v) is 1.79. The number of aliphatic carboxylic acids is 1. The molecule has 0 fully saturated rings. The van der Waals surface area contributed by atoms with E-state index in [-0.39, 0.29) is 5.91 Å². The Morgan fingerprint density at radius 3 is 2.57 bits per heavy atom. The first-order chi connectivity index (χ1) is 6.61. The Kier molecular flexibility index (Phi) is 6.74. The number of methoxy groups -OCH3 is 1. The van der Waals surface area contributed by atoms with Crippen molar-refractivity contribution in [1.82, 2.24) is 5.32 Å². The van der Waals surface area contributed by atoms with Gasteiger partial charge in [-0.2, -0.15) is 0 Å². The molecule has 0 rings (SSSR count). The maximum absolute atomic E-state index is 11.2. The molecule has 2 N–H and O–H groups in total. The van der Waals surface area contributed by atoms with Crippen molar-refractivity contribution in [3.63, 3.8) is 0 Å². The number of carbonyl (C=O) groups excluding carboxylic acids is 1. The van der Waals surface area contributed by atoms with Crippen molar-refractivity contribution in [3.05, 3.63) is 0 Å². The molecule has 0 aliphatic rings. The van der Waals surface area contributed by atoms with Gasteiger partial charge in [0.25, 0.3) is 0 Å². The van der Waals surface area contributed by atoms with E-state index in [9.17, 15) is 9.59 Å². The summed E-state index contributed by atoms with van der Waals surface area (Å²) >= 11 is 0. The number of ether oxygens (including phenoxy) is 1. The summed E-state index contributed by atoms with van der Waals surface area (Å²) in [5, 5.41) is 11.1. The van der Waals surface area contributed by atoms with E-state index in [0.717, 1.165) is 0 Å². The molecule has 0 aliphatic carbocycles. The number of carbonyl (C=O) groups is 2. The fourth-order valence-corrected chi connectivity index (χ4v) is 0.982. The number of carboxylic acid groups (broad SMARTS) is 1. The van der Waals surface area contributed by atoms with Gasteiger partial charge in [0.05, 0.1) is 0 Å². The molecule has 1 amide bonds. The van der Waals surface area contributed by atoms with Crippen LogP contribution in [-0.4, -0.2) is 36.7 Å². The fraction of sp³-hybridized carbons (Fsp3) is 0.778. The van der Waals surface area contributed by atoms with Crippen LogP contribution in [0.25, 0.3) is 0 Å². The Labute approximate surface area is 83.4 Å². The van der Waals surface area contributed by atoms with E-state index in [4.69, 9.17) is 9.84 Å². The summed E-state index contributed by atoms with van der Waals surface area (Å²) in [6, 6.07) is -0.773. The van der Waals surface area contributed by atoms with Gasteiger partial charge in [-0.3, -0.25) is 4.79 Å². The third kappa shape index (κ3) is 5.53. The van der Waals surface area contributed by atoms with Crippen LogP contribution in [0.1, 0.15) is 26.2 Å². The molecule has 5 nitrogen and oxygen atoms in total. The highest BCUT2D eigenvalue weighted by molar-refractivity contribution is 5.83. The smallest absolute Gasteiger partial charge is 0.326 e. The van der Waals surface area contributed by atoms with Crippen LogP contribution in [0.15, 0.2) is 0 Å². The highest BCUT2D eigenvalue weighted by Gasteiger charge is 2.16. The van der Waals surface area contributed by atoms with Crippen LogP contribution in [0, 0.1) is 0 Å². The van der Waals surface area contributed by atoms with Crippen LogP contribution < -0.4 is 5.32 Å².